The minimum absolute atomic E-state index is 0.142. The highest BCUT2D eigenvalue weighted by Crippen LogP contribution is 2.25. The molecule has 0 fully saturated rings. The molecule has 0 aliphatic carbocycles. The van der Waals surface area contributed by atoms with E-state index in [4.69, 9.17) is 9.47 Å². The first kappa shape index (κ1) is 20.3. The third kappa shape index (κ3) is 4.55. The molecule has 3 aromatic rings. The van der Waals surface area contributed by atoms with Gasteiger partial charge in [-0.3, -0.25) is 9.29 Å². The van der Waals surface area contributed by atoms with Crippen LogP contribution < -0.4 is 13.8 Å². The molecule has 0 bridgehead atoms. The van der Waals surface area contributed by atoms with Gasteiger partial charge >= 0.3 is 5.97 Å². The van der Waals surface area contributed by atoms with Crippen molar-refractivity contribution >= 4 is 21.7 Å². The largest absolute Gasteiger partial charge is 0.497 e. The summed E-state index contributed by atoms with van der Waals surface area (Å²) >= 11 is 0. The predicted molar refractivity (Wildman–Crippen MR) is 109 cm³/mol. The summed E-state index contributed by atoms with van der Waals surface area (Å²) < 4.78 is 37.1. The van der Waals surface area contributed by atoms with E-state index in [-0.39, 0.29) is 4.90 Å². The molecule has 1 aromatic heterocycles. The predicted octanol–water partition coefficient (Wildman–Crippen LogP) is 3.44. The van der Waals surface area contributed by atoms with Crippen molar-refractivity contribution in [2.45, 2.75) is 11.8 Å². The van der Waals surface area contributed by atoms with Gasteiger partial charge in [-0.25, -0.2) is 13.2 Å². The summed E-state index contributed by atoms with van der Waals surface area (Å²) in [5, 5.41) is 0. The average molecular weight is 412 g/mol. The van der Waals surface area contributed by atoms with Gasteiger partial charge in [-0.15, -0.1) is 0 Å². The SMILES string of the molecule is COc1ccc(S(=O)(=O)N(C)c2ccc(OC(=O)c3ccc(C)nc3)cc2)cc1. The van der Waals surface area contributed by atoms with E-state index in [9.17, 15) is 13.2 Å². The molecule has 29 heavy (non-hydrogen) atoms. The molecule has 0 aliphatic heterocycles. The summed E-state index contributed by atoms with van der Waals surface area (Å²) in [5.74, 6) is 0.334. The van der Waals surface area contributed by atoms with Gasteiger partial charge in [-0.1, -0.05) is 0 Å². The van der Waals surface area contributed by atoms with E-state index < -0.39 is 16.0 Å². The molecule has 0 N–H and O–H groups in total. The summed E-state index contributed by atoms with van der Waals surface area (Å²) in [6, 6.07) is 15.7. The lowest BCUT2D eigenvalue weighted by Gasteiger charge is -2.20. The van der Waals surface area contributed by atoms with E-state index in [2.05, 4.69) is 4.98 Å². The molecule has 0 amide bonds. The topological polar surface area (TPSA) is 85.8 Å². The normalized spacial score (nSPS) is 11.0. The van der Waals surface area contributed by atoms with Gasteiger partial charge in [0.25, 0.3) is 10.0 Å². The number of aryl methyl sites for hydroxylation is 1. The molecule has 0 saturated carbocycles. The summed E-state index contributed by atoms with van der Waals surface area (Å²) in [6.45, 7) is 1.82. The van der Waals surface area contributed by atoms with Gasteiger partial charge in [0.1, 0.15) is 11.5 Å². The number of benzene rings is 2. The number of rotatable bonds is 6. The third-order valence-electron chi connectivity index (χ3n) is 4.28. The molecule has 2 aromatic carbocycles. The van der Waals surface area contributed by atoms with Crippen molar-refractivity contribution in [1.29, 1.82) is 0 Å². The van der Waals surface area contributed by atoms with Gasteiger partial charge in [0.05, 0.1) is 23.3 Å². The zero-order valence-corrected chi connectivity index (χ0v) is 17.0. The number of sulfonamides is 1. The van der Waals surface area contributed by atoms with Crippen LogP contribution >= 0.6 is 0 Å². The van der Waals surface area contributed by atoms with Crippen molar-refractivity contribution in [2.75, 3.05) is 18.5 Å². The molecule has 7 nitrogen and oxygen atoms in total. The van der Waals surface area contributed by atoms with Crippen LogP contribution in [0.1, 0.15) is 16.1 Å². The number of nitrogens with zero attached hydrogens (tertiary/aromatic N) is 2. The highest BCUT2D eigenvalue weighted by molar-refractivity contribution is 7.92. The van der Waals surface area contributed by atoms with E-state index in [1.165, 1.54) is 44.6 Å². The highest BCUT2D eigenvalue weighted by atomic mass is 32.2. The van der Waals surface area contributed by atoms with Crippen molar-refractivity contribution < 1.29 is 22.7 Å². The van der Waals surface area contributed by atoms with Gasteiger partial charge in [-0.05, 0) is 67.6 Å². The second-order valence-corrected chi connectivity index (χ2v) is 8.19. The van der Waals surface area contributed by atoms with Crippen LogP contribution in [0.15, 0.2) is 71.8 Å². The van der Waals surface area contributed by atoms with Crippen LogP contribution in [-0.2, 0) is 10.0 Å². The Hall–Kier alpha value is -3.39. The number of hydrogen-bond acceptors (Lipinski definition) is 6. The number of carbonyl (C=O) groups excluding carboxylic acids is 1. The fourth-order valence-corrected chi connectivity index (χ4v) is 3.72. The lowest BCUT2D eigenvalue weighted by atomic mass is 10.2. The van der Waals surface area contributed by atoms with Crippen LogP contribution in [0.5, 0.6) is 11.5 Å². The van der Waals surface area contributed by atoms with Crippen molar-refractivity contribution in [3.05, 3.63) is 78.1 Å². The molecular formula is C21H20N2O5S. The Kier molecular flexibility index (Phi) is 5.84. The number of aromatic nitrogens is 1. The number of esters is 1. The first-order valence-corrected chi connectivity index (χ1v) is 10.1. The Morgan fingerprint density at radius 1 is 0.931 bits per heavy atom. The summed E-state index contributed by atoms with van der Waals surface area (Å²) in [4.78, 5) is 16.4. The first-order chi connectivity index (χ1) is 13.8. The minimum Gasteiger partial charge on any atom is -0.497 e. The number of hydrogen-bond donors (Lipinski definition) is 0. The van der Waals surface area contributed by atoms with E-state index in [1.54, 1.807) is 36.4 Å². The molecular weight excluding hydrogens is 392 g/mol. The Labute approximate surface area is 169 Å². The maximum absolute atomic E-state index is 12.8. The van der Waals surface area contributed by atoms with Gasteiger partial charge in [0, 0.05) is 18.9 Å². The standard InChI is InChI=1S/C21H20N2O5S/c1-15-4-5-16(14-22-15)21(24)28-19-8-6-17(7-9-19)23(2)29(25,26)20-12-10-18(27-3)11-13-20/h4-14H,1-3H3. The lowest BCUT2D eigenvalue weighted by Crippen LogP contribution is -2.26. The highest BCUT2D eigenvalue weighted by Gasteiger charge is 2.21. The zero-order valence-electron chi connectivity index (χ0n) is 16.2. The van der Waals surface area contributed by atoms with Crippen LogP contribution in [0.3, 0.4) is 0 Å². The molecule has 0 radical (unpaired) electrons. The molecule has 0 spiro atoms. The van der Waals surface area contributed by atoms with Crippen LogP contribution in [0, 0.1) is 6.92 Å². The number of anilines is 1. The van der Waals surface area contributed by atoms with E-state index in [0.29, 0.717) is 22.7 Å². The Balaban J connectivity index is 1.74. The van der Waals surface area contributed by atoms with Gasteiger partial charge in [0.2, 0.25) is 0 Å². The monoisotopic (exact) mass is 412 g/mol. The van der Waals surface area contributed by atoms with E-state index in [1.807, 2.05) is 6.92 Å². The molecule has 0 aliphatic rings. The van der Waals surface area contributed by atoms with Gasteiger partial charge in [-0.2, -0.15) is 0 Å². The smallest absolute Gasteiger partial charge is 0.345 e. The molecule has 0 saturated heterocycles. The van der Waals surface area contributed by atoms with Crippen molar-refractivity contribution in [3.63, 3.8) is 0 Å². The van der Waals surface area contributed by atoms with Crippen LogP contribution in [-0.4, -0.2) is 33.5 Å². The second kappa shape index (κ2) is 8.32. The lowest BCUT2D eigenvalue weighted by molar-refractivity contribution is 0.0734. The van der Waals surface area contributed by atoms with Crippen molar-refractivity contribution in [1.82, 2.24) is 4.98 Å². The van der Waals surface area contributed by atoms with E-state index in [0.717, 1.165) is 10.00 Å². The third-order valence-corrected chi connectivity index (χ3v) is 6.08. The van der Waals surface area contributed by atoms with E-state index >= 15 is 0 Å². The fraction of sp³-hybridized carbons (Fsp3) is 0.143. The van der Waals surface area contributed by atoms with Crippen LogP contribution in [0.25, 0.3) is 0 Å². The first-order valence-electron chi connectivity index (χ1n) is 8.69. The fourth-order valence-electron chi connectivity index (χ4n) is 2.52. The average Bonchev–Trinajstić information content (AvgIpc) is 2.74. The summed E-state index contributed by atoms with van der Waals surface area (Å²) in [7, 11) is -0.768. The number of ether oxygens (including phenoxy) is 2. The number of methoxy groups -OCH3 is 1. The van der Waals surface area contributed by atoms with Gasteiger partial charge in [0.15, 0.2) is 0 Å². The maximum Gasteiger partial charge on any atom is 0.345 e. The molecule has 8 heteroatoms. The molecule has 150 valence electrons. The quantitative estimate of drug-likeness (QED) is 0.455. The van der Waals surface area contributed by atoms with Crippen LogP contribution in [0.2, 0.25) is 0 Å². The van der Waals surface area contributed by atoms with Crippen molar-refractivity contribution in [3.8, 4) is 11.5 Å². The van der Waals surface area contributed by atoms with Gasteiger partial charge < -0.3 is 9.47 Å². The molecule has 0 atom stereocenters. The second-order valence-electron chi connectivity index (χ2n) is 6.22. The minimum atomic E-state index is -3.74. The molecule has 1 heterocycles. The number of carbonyl (C=O) groups is 1. The Bertz CT molecular complexity index is 1090. The zero-order chi connectivity index (χ0) is 21.0. The Morgan fingerprint density at radius 3 is 2.10 bits per heavy atom. The Morgan fingerprint density at radius 2 is 1.55 bits per heavy atom. The molecule has 0 unspecified atom stereocenters. The maximum atomic E-state index is 12.8. The van der Waals surface area contributed by atoms with Crippen LogP contribution in [0.4, 0.5) is 5.69 Å². The summed E-state index contributed by atoms with van der Waals surface area (Å²) in [5.41, 5.74) is 1.56. The number of pyridine rings is 1. The van der Waals surface area contributed by atoms with Crippen molar-refractivity contribution in [2.24, 2.45) is 0 Å². The molecule has 3 rings (SSSR count). The summed E-state index contributed by atoms with van der Waals surface area (Å²) in [6.07, 6.45) is 1.45.